The Morgan fingerprint density at radius 1 is 1.54 bits per heavy atom. The summed E-state index contributed by atoms with van der Waals surface area (Å²) in [7, 11) is -4.26. The molecule has 0 aliphatic carbocycles. The van der Waals surface area contributed by atoms with Gasteiger partial charge < -0.3 is 4.55 Å². The molecule has 0 aromatic rings. The molecule has 1 heterocycles. The Bertz CT molecular complexity index is 244. The van der Waals surface area contributed by atoms with Crippen LogP contribution in [-0.4, -0.2) is 30.0 Å². The van der Waals surface area contributed by atoms with Gasteiger partial charge in [0.05, 0.1) is 0 Å². The standard InChI is InChI=1S/C6H13NO3S2.Na/c1-5-4-6(2-3-11-5)7-12(8,9)10;/h5-7H,2-4H2,1H3,(H,8,9,10);/q;+1/p-1/t5-,6+;/m1./s1. The van der Waals surface area contributed by atoms with Crippen molar-refractivity contribution < 1.29 is 42.5 Å². The van der Waals surface area contributed by atoms with Gasteiger partial charge in [0.15, 0.2) is 10.3 Å². The van der Waals surface area contributed by atoms with Gasteiger partial charge in [-0.1, -0.05) is 6.92 Å². The second-order valence-electron chi connectivity index (χ2n) is 2.97. The van der Waals surface area contributed by atoms with Crippen molar-refractivity contribution in [3.05, 3.63) is 0 Å². The largest absolute Gasteiger partial charge is 1.00 e. The van der Waals surface area contributed by atoms with E-state index < -0.39 is 10.3 Å². The maximum absolute atomic E-state index is 10.3. The molecule has 0 saturated carbocycles. The van der Waals surface area contributed by atoms with Gasteiger partial charge in [-0.05, 0) is 18.6 Å². The molecular formula is C6H12NNaO3S2. The predicted octanol–water partition coefficient (Wildman–Crippen LogP) is -2.68. The molecule has 1 fully saturated rings. The van der Waals surface area contributed by atoms with Gasteiger partial charge in [-0.3, -0.25) is 0 Å². The van der Waals surface area contributed by atoms with Crippen LogP contribution in [0.3, 0.4) is 0 Å². The first kappa shape index (κ1) is 14.2. The van der Waals surface area contributed by atoms with E-state index in [0.29, 0.717) is 5.25 Å². The Balaban J connectivity index is 0.00000144. The number of hydrogen-bond acceptors (Lipinski definition) is 4. The number of thioether (sulfide) groups is 1. The number of hydrogen-bond donors (Lipinski definition) is 1. The van der Waals surface area contributed by atoms with E-state index in [0.717, 1.165) is 18.6 Å². The second kappa shape index (κ2) is 5.95. The fourth-order valence-electron chi connectivity index (χ4n) is 1.31. The van der Waals surface area contributed by atoms with Crippen LogP contribution in [-0.2, 0) is 10.3 Å². The molecule has 2 atom stereocenters. The Labute approximate surface area is 105 Å². The van der Waals surface area contributed by atoms with Crippen molar-refractivity contribution in [2.75, 3.05) is 5.75 Å². The molecule has 1 saturated heterocycles. The average molecular weight is 233 g/mol. The van der Waals surface area contributed by atoms with E-state index in [1.807, 2.05) is 18.7 Å². The Hall–Kier alpha value is 1.22. The summed E-state index contributed by atoms with van der Waals surface area (Å²) in [5.41, 5.74) is 0. The van der Waals surface area contributed by atoms with Crippen LogP contribution in [0.1, 0.15) is 19.8 Å². The fourth-order valence-corrected chi connectivity index (χ4v) is 3.12. The van der Waals surface area contributed by atoms with Gasteiger partial charge in [0, 0.05) is 11.3 Å². The normalized spacial score (nSPS) is 29.4. The molecular weight excluding hydrogens is 221 g/mol. The monoisotopic (exact) mass is 233 g/mol. The van der Waals surface area contributed by atoms with E-state index in [2.05, 4.69) is 4.72 Å². The van der Waals surface area contributed by atoms with Crippen molar-refractivity contribution in [1.82, 2.24) is 4.72 Å². The summed E-state index contributed by atoms with van der Waals surface area (Å²) in [6.45, 7) is 2.04. The van der Waals surface area contributed by atoms with E-state index in [4.69, 9.17) is 0 Å². The molecule has 72 valence electrons. The number of rotatable bonds is 2. The molecule has 4 nitrogen and oxygen atoms in total. The van der Waals surface area contributed by atoms with Crippen LogP contribution >= 0.6 is 11.8 Å². The molecule has 0 radical (unpaired) electrons. The minimum atomic E-state index is -4.26. The molecule has 0 aromatic heterocycles. The van der Waals surface area contributed by atoms with Crippen LogP contribution in [0.5, 0.6) is 0 Å². The van der Waals surface area contributed by atoms with E-state index in [-0.39, 0.29) is 35.6 Å². The topological polar surface area (TPSA) is 69.2 Å². The summed E-state index contributed by atoms with van der Waals surface area (Å²) in [5, 5.41) is 0.443. The molecule has 1 rings (SSSR count). The van der Waals surface area contributed by atoms with E-state index in [1.165, 1.54) is 0 Å². The Kier molecular flexibility index (Phi) is 6.50. The molecule has 0 spiro atoms. The van der Waals surface area contributed by atoms with Crippen molar-refractivity contribution >= 4 is 22.1 Å². The summed E-state index contributed by atoms with van der Waals surface area (Å²) in [5.74, 6) is 0.925. The van der Waals surface area contributed by atoms with Crippen LogP contribution in [0.4, 0.5) is 0 Å². The average Bonchev–Trinajstić information content (AvgIpc) is 1.82. The third-order valence-electron chi connectivity index (χ3n) is 1.80. The summed E-state index contributed by atoms with van der Waals surface area (Å²) in [4.78, 5) is 0. The van der Waals surface area contributed by atoms with Gasteiger partial charge in [-0.2, -0.15) is 11.8 Å². The molecule has 1 aliphatic rings. The first-order valence-corrected chi connectivity index (χ1v) is 6.28. The van der Waals surface area contributed by atoms with Crippen LogP contribution in [0, 0.1) is 0 Å². The zero-order chi connectivity index (χ0) is 9.19. The van der Waals surface area contributed by atoms with Crippen LogP contribution < -0.4 is 34.3 Å². The summed E-state index contributed by atoms with van der Waals surface area (Å²) < 4.78 is 33.1. The van der Waals surface area contributed by atoms with Crippen molar-refractivity contribution in [2.45, 2.75) is 31.1 Å². The van der Waals surface area contributed by atoms with Gasteiger partial charge in [0.25, 0.3) is 0 Å². The zero-order valence-corrected chi connectivity index (χ0v) is 11.5. The second-order valence-corrected chi connectivity index (χ2v) is 5.66. The van der Waals surface area contributed by atoms with Gasteiger partial charge in [0.2, 0.25) is 0 Å². The Morgan fingerprint density at radius 2 is 2.15 bits per heavy atom. The smallest absolute Gasteiger partial charge is 0.735 e. The third-order valence-corrected chi connectivity index (χ3v) is 3.65. The fraction of sp³-hybridized carbons (Fsp3) is 1.00. The van der Waals surface area contributed by atoms with Crippen LogP contribution in [0.25, 0.3) is 0 Å². The van der Waals surface area contributed by atoms with E-state index in [1.54, 1.807) is 0 Å². The molecule has 1 N–H and O–H groups in total. The van der Waals surface area contributed by atoms with E-state index >= 15 is 0 Å². The maximum atomic E-state index is 10.3. The molecule has 0 bridgehead atoms. The third kappa shape index (κ3) is 6.33. The SMILES string of the molecule is C[C@@H]1C[C@@H](NS(=O)(=O)[O-])CCS1.[Na+]. The minimum absolute atomic E-state index is 0. The molecule has 0 amide bonds. The molecule has 7 heteroatoms. The quantitative estimate of drug-likeness (QED) is 0.417. The van der Waals surface area contributed by atoms with Crippen molar-refractivity contribution in [3.8, 4) is 0 Å². The summed E-state index contributed by atoms with van der Waals surface area (Å²) >= 11 is 1.81. The summed E-state index contributed by atoms with van der Waals surface area (Å²) in [6.07, 6.45) is 1.52. The molecule has 0 aromatic carbocycles. The van der Waals surface area contributed by atoms with Crippen LogP contribution in [0.15, 0.2) is 0 Å². The van der Waals surface area contributed by atoms with Crippen LogP contribution in [0.2, 0.25) is 0 Å². The van der Waals surface area contributed by atoms with Gasteiger partial charge in [0.1, 0.15) is 0 Å². The predicted molar refractivity (Wildman–Crippen MR) is 47.8 cm³/mol. The van der Waals surface area contributed by atoms with Crippen molar-refractivity contribution in [3.63, 3.8) is 0 Å². The van der Waals surface area contributed by atoms with Gasteiger partial charge in [-0.25, -0.2) is 13.1 Å². The first-order chi connectivity index (χ1) is 5.47. The molecule has 13 heavy (non-hydrogen) atoms. The van der Waals surface area contributed by atoms with Crippen molar-refractivity contribution in [2.24, 2.45) is 0 Å². The van der Waals surface area contributed by atoms with Crippen molar-refractivity contribution in [1.29, 1.82) is 0 Å². The molecule has 1 aliphatic heterocycles. The Morgan fingerprint density at radius 3 is 2.62 bits per heavy atom. The number of nitrogens with one attached hydrogen (secondary N) is 1. The van der Waals surface area contributed by atoms with Gasteiger partial charge in [-0.15, -0.1) is 0 Å². The molecule has 0 unspecified atom stereocenters. The van der Waals surface area contributed by atoms with Gasteiger partial charge >= 0.3 is 29.6 Å². The minimum Gasteiger partial charge on any atom is -0.735 e. The first-order valence-electron chi connectivity index (χ1n) is 3.82. The maximum Gasteiger partial charge on any atom is 1.00 e. The summed E-state index contributed by atoms with van der Waals surface area (Å²) in [6, 6.07) is -0.149. The zero-order valence-electron chi connectivity index (χ0n) is 7.82. The van der Waals surface area contributed by atoms with E-state index in [9.17, 15) is 13.0 Å².